The molecule has 7 heteroatoms. The number of piperidine rings is 1. The Balaban J connectivity index is 1.89. The zero-order chi connectivity index (χ0) is 14.3. The van der Waals surface area contributed by atoms with E-state index in [0.717, 1.165) is 23.9 Å². The van der Waals surface area contributed by atoms with Crippen molar-refractivity contribution in [3.8, 4) is 0 Å². The Morgan fingerprint density at radius 3 is 2.85 bits per heavy atom. The van der Waals surface area contributed by atoms with Crippen LogP contribution in [0.4, 0.5) is 0 Å². The molecule has 0 amide bonds. The fraction of sp³-hybridized carbons (Fsp3) is 0.538. The highest BCUT2D eigenvalue weighted by molar-refractivity contribution is 9.10. The number of nitrogens with one attached hydrogen (secondary N) is 1. The lowest BCUT2D eigenvalue weighted by Gasteiger charge is -2.24. The van der Waals surface area contributed by atoms with Gasteiger partial charge in [-0.25, -0.2) is 8.42 Å². The van der Waals surface area contributed by atoms with Crippen molar-refractivity contribution in [3.63, 3.8) is 0 Å². The summed E-state index contributed by atoms with van der Waals surface area (Å²) >= 11 is 9.39. The molecule has 2 saturated heterocycles. The van der Waals surface area contributed by atoms with E-state index in [4.69, 9.17) is 11.6 Å². The van der Waals surface area contributed by atoms with Crippen LogP contribution in [0.3, 0.4) is 0 Å². The monoisotopic (exact) mass is 378 g/mol. The summed E-state index contributed by atoms with van der Waals surface area (Å²) in [6.07, 6.45) is 2.21. The summed E-state index contributed by atoms with van der Waals surface area (Å²) in [7, 11) is -3.50. The number of sulfonamides is 1. The summed E-state index contributed by atoms with van der Waals surface area (Å²) in [5.41, 5.74) is 0. The molecule has 4 nitrogen and oxygen atoms in total. The third kappa shape index (κ3) is 2.64. The largest absolute Gasteiger partial charge is 0.312 e. The van der Waals surface area contributed by atoms with Gasteiger partial charge in [-0.3, -0.25) is 0 Å². The summed E-state index contributed by atoms with van der Waals surface area (Å²) in [5.74, 6) is 0.424. The van der Waals surface area contributed by atoms with Gasteiger partial charge in [0.2, 0.25) is 10.0 Å². The minimum atomic E-state index is -3.50. The second kappa shape index (κ2) is 5.57. The van der Waals surface area contributed by atoms with E-state index in [2.05, 4.69) is 21.2 Å². The van der Waals surface area contributed by atoms with E-state index in [-0.39, 0.29) is 16.0 Å². The molecular formula is C13H16BrClN2O2S. The van der Waals surface area contributed by atoms with Crippen molar-refractivity contribution in [2.75, 3.05) is 19.6 Å². The first kappa shape index (κ1) is 14.8. The molecule has 0 saturated carbocycles. The first-order valence-corrected chi connectivity index (χ1v) is 9.28. The Labute approximate surface area is 132 Å². The van der Waals surface area contributed by atoms with Crippen molar-refractivity contribution in [1.29, 1.82) is 0 Å². The first-order chi connectivity index (χ1) is 9.48. The minimum Gasteiger partial charge on any atom is -0.312 e. The second-order valence-electron chi connectivity index (χ2n) is 5.36. The van der Waals surface area contributed by atoms with Crippen LogP contribution in [0.5, 0.6) is 0 Å². The van der Waals surface area contributed by atoms with Crippen LogP contribution < -0.4 is 5.32 Å². The van der Waals surface area contributed by atoms with E-state index < -0.39 is 10.0 Å². The standard InChI is InChI=1S/C13H16BrClN2O2S/c14-10-3-4-13(11(15)6-10)20(18,19)17-7-9-2-1-5-16-12(9)8-17/h3-4,6,9,12,16H,1-2,5,7-8H2. The number of nitrogens with zero attached hydrogens (tertiary/aromatic N) is 1. The average molecular weight is 380 g/mol. The second-order valence-corrected chi connectivity index (χ2v) is 8.59. The predicted molar refractivity (Wildman–Crippen MR) is 82.4 cm³/mol. The topological polar surface area (TPSA) is 49.4 Å². The third-order valence-corrected chi connectivity index (χ3v) is 6.89. The number of benzene rings is 1. The van der Waals surface area contributed by atoms with E-state index >= 15 is 0 Å². The molecule has 2 fully saturated rings. The molecule has 1 aromatic carbocycles. The highest BCUT2D eigenvalue weighted by atomic mass is 79.9. The Bertz CT molecular complexity index is 609. The lowest BCUT2D eigenvalue weighted by Crippen LogP contribution is -2.41. The van der Waals surface area contributed by atoms with Crippen molar-refractivity contribution >= 4 is 37.6 Å². The van der Waals surface area contributed by atoms with E-state index in [1.807, 2.05) is 0 Å². The molecule has 1 N–H and O–H groups in total. The number of hydrogen-bond acceptors (Lipinski definition) is 3. The highest BCUT2D eigenvalue weighted by Crippen LogP contribution is 2.32. The van der Waals surface area contributed by atoms with Crippen molar-refractivity contribution in [3.05, 3.63) is 27.7 Å². The molecule has 2 aliphatic heterocycles. The minimum absolute atomic E-state index is 0.195. The van der Waals surface area contributed by atoms with Crippen molar-refractivity contribution in [2.45, 2.75) is 23.8 Å². The molecule has 2 aliphatic rings. The molecule has 2 atom stereocenters. The van der Waals surface area contributed by atoms with Crippen molar-refractivity contribution in [1.82, 2.24) is 9.62 Å². The Morgan fingerprint density at radius 1 is 1.35 bits per heavy atom. The molecule has 0 radical (unpaired) electrons. The van der Waals surface area contributed by atoms with Crippen LogP contribution in [-0.2, 0) is 10.0 Å². The van der Waals surface area contributed by atoms with E-state index in [9.17, 15) is 8.42 Å². The van der Waals surface area contributed by atoms with E-state index in [1.54, 1.807) is 22.5 Å². The first-order valence-electron chi connectivity index (χ1n) is 6.67. The lowest BCUT2D eigenvalue weighted by atomic mass is 9.94. The van der Waals surface area contributed by atoms with Gasteiger partial charge in [0, 0.05) is 23.6 Å². The fourth-order valence-corrected chi connectivity index (χ4v) is 5.56. The SMILES string of the molecule is O=S(=O)(c1ccc(Br)cc1Cl)N1CC2CCCNC2C1. The number of fused-ring (bicyclic) bond motifs is 1. The van der Waals surface area contributed by atoms with Gasteiger partial charge in [-0.1, -0.05) is 27.5 Å². The smallest absolute Gasteiger partial charge is 0.244 e. The molecule has 0 aliphatic carbocycles. The Kier molecular flexibility index (Phi) is 4.12. The zero-order valence-corrected chi connectivity index (χ0v) is 14.0. The van der Waals surface area contributed by atoms with Gasteiger partial charge in [-0.15, -0.1) is 0 Å². The molecule has 0 aromatic heterocycles. The lowest BCUT2D eigenvalue weighted by molar-refractivity contribution is 0.339. The number of hydrogen-bond donors (Lipinski definition) is 1. The maximum Gasteiger partial charge on any atom is 0.244 e. The van der Waals surface area contributed by atoms with Crippen LogP contribution >= 0.6 is 27.5 Å². The normalized spacial score (nSPS) is 27.5. The van der Waals surface area contributed by atoms with Gasteiger partial charge < -0.3 is 5.32 Å². The van der Waals surface area contributed by atoms with Gasteiger partial charge in [0.15, 0.2) is 0 Å². The van der Waals surface area contributed by atoms with Crippen LogP contribution in [0, 0.1) is 5.92 Å². The van der Waals surface area contributed by atoms with Crippen LogP contribution in [0.25, 0.3) is 0 Å². The molecule has 1 aromatic rings. The summed E-state index contributed by atoms with van der Waals surface area (Å²) in [6, 6.07) is 5.18. The van der Waals surface area contributed by atoms with Gasteiger partial charge in [0.05, 0.1) is 5.02 Å². The Morgan fingerprint density at radius 2 is 2.15 bits per heavy atom. The predicted octanol–water partition coefficient (Wildman–Crippen LogP) is 2.48. The van der Waals surface area contributed by atoms with Crippen molar-refractivity contribution < 1.29 is 8.42 Å². The van der Waals surface area contributed by atoms with Gasteiger partial charge in [-0.05, 0) is 43.5 Å². The molecule has 3 rings (SSSR count). The molecule has 20 heavy (non-hydrogen) atoms. The van der Waals surface area contributed by atoms with E-state index in [1.165, 1.54) is 0 Å². The average Bonchev–Trinajstić information content (AvgIpc) is 2.82. The maximum absolute atomic E-state index is 12.7. The maximum atomic E-state index is 12.7. The highest BCUT2D eigenvalue weighted by Gasteiger charge is 2.40. The van der Waals surface area contributed by atoms with Crippen molar-refractivity contribution in [2.24, 2.45) is 5.92 Å². The molecule has 0 spiro atoms. The van der Waals surface area contributed by atoms with Gasteiger partial charge in [0.1, 0.15) is 4.90 Å². The number of halogens is 2. The Hall–Kier alpha value is -0.140. The number of rotatable bonds is 2. The van der Waals surface area contributed by atoms with Crippen LogP contribution in [0.15, 0.2) is 27.6 Å². The van der Waals surface area contributed by atoms with Crippen LogP contribution in [0.1, 0.15) is 12.8 Å². The van der Waals surface area contributed by atoms with Gasteiger partial charge in [-0.2, -0.15) is 4.31 Å². The molecular weight excluding hydrogens is 364 g/mol. The summed E-state index contributed by atoms with van der Waals surface area (Å²) < 4.78 is 27.8. The molecule has 2 heterocycles. The van der Waals surface area contributed by atoms with Crippen LogP contribution in [-0.4, -0.2) is 38.4 Å². The molecule has 110 valence electrons. The summed E-state index contributed by atoms with van der Waals surface area (Å²) in [4.78, 5) is 0.195. The summed E-state index contributed by atoms with van der Waals surface area (Å²) in [6.45, 7) is 2.11. The van der Waals surface area contributed by atoms with Crippen LogP contribution in [0.2, 0.25) is 5.02 Å². The molecule has 2 unspecified atom stereocenters. The third-order valence-electron chi connectivity index (χ3n) is 4.08. The van der Waals surface area contributed by atoms with E-state index in [0.29, 0.717) is 19.0 Å². The van der Waals surface area contributed by atoms with Gasteiger partial charge in [0.25, 0.3) is 0 Å². The molecule has 0 bridgehead atoms. The fourth-order valence-electron chi connectivity index (χ4n) is 3.03. The zero-order valence-electron chi connectivity index (χ0n) is 10.9. The summed E-state index contributed by atoms with van der Waals surface area (Å²) in [5, 5.41) is 3.68. The van der Waals surface area contributed by atoms with Gasteiger partial charge >= 0.3 is 0 Å². The quantitative estimate of drug-likeness (QED) is 0.859.